The number of nitrogens with zero attached hydrogens (tertiary/aromatic N) is 1. The number of sulfonamides is 1. The molecule has 0 aromatic heterocycles. The number of halogens is 1. The second-order valence-electron chi connectivity index (χ2n) is 3.76. The van der Waals surface area contributed by atoms with Crippen molar-refractivity contribution >= 4 is 29.8 Å². The molecule has 0 amide bonds. The molecule has 6 nitrogen and oxygen atoms in total. The third-order valence-corrected chi connectivity index (χ3v) is 5.84. The summed E-state index contributed by atoms with van der Waals surface area (Å²) in [5, 5.41) is 8.92. The summed E-state index contributed by atoms with van der Waals surface area (Å²) in [7, 11) is -3.05. The van der Waals surface area contributed by atoms with E-state index in [1.807, 2.05) is 0 Å². The third kappa shape index (κ3) is 3.80. The van der Waals surface area contributed by atoms with Crippen molar-refractivity contribution in [3.8, 4) is 0 Å². The fraction of sp³-hybridized carbons (Fsp3) is 0.273. The number of aliphatic hydroxyl groups excluding tert-OH is 1. The molecule has 1 aromatic rings. The van der Waals surface area contributed by atoms with Crippen LogP contribution in [0.25, 0.3) is 0 Å². The summed E-state index contributed by atoms with van der Waals surface area (Å²) in [6, 6.07) is 5.03. The maximum atomic E-state index is 12.4. The Balaban J connectivity index is 3.46. The highest BCUT2D eigenvalue weighted by Gasteiger charge is 2.29. The monoisotopic (exact) mass is 339 g/mol. The van der Waals surface area contributed by atoms with Gasteiger partial charge in [-0.3, -0.25) is 0 Å². The van der Waals surface area contributed by atoms with Crippen LogP contribution in [-0.2, 0) is 19.1 Å². The smallest absolute Gasteiger partial charge is 0.262 e. The summed E-state index contributed by atoms with van der Waals surface area (Å²) in [6.45, 7) is 2.80. The molecule has 1 N–H and O–H groups in total. The van der Waals surface area contributed by atoms with E-state index >= 15 is 0 Å². The highest BCUT2D eigenvalue weighted by molar-refractivity contribution is 8.14. The third-order valence-electron chi connectivity index (χ3n) is 2.41. The first kappa shape index (κ1) is 17.1. The van der Waals surface area contributed by atoms with Gasteiger partial charge in [-0.15, -0.1) is 6.58 Å². The highest BCUT2D eigenvalue weighted by atomic mass is 35.7. The van der Waals surface area contributed by atoms with E-state index in [0.717, 1.165) is 16.4 Å². The van der Waals surface area contributed by atoms with Crippen molar-refractivity contribution < 1.29 is 21.9 Å². The molecule has 0 aliphatic rings. The fourth-order valence-corrected chi connectivity index (χ4v) is 4.78. The molecule has 20 heavy (non-hydrogen) atoms. The summed E-state index contributed by atoms with van der Waals surface area (Å²) in [6.07, 6.45) is 1.34. The van der Waals surface area contributed by atoms with E-state index in [1.165, 1.54) is 18.2 Å². The van der Waals surface area contributed by atoms with Crippen molar-refractivity contribution in [2.75, 3.05) is 19.7 Å². The van der Waals surface area contributed by atoms with Crippen molar-refractivity contribution in [2.24, 2.45) is 0 Å². The molecule has 0 heterocycles. The Kier molecular flexibility index (Phi) is 5.72. The summed E-state index contributed by atoms with van der Waals surface area (Å²) in [5.74, 6) is 0. The van der Waals surface area contributed by atoms with Gasteiger partial charge in [0.15, 0.2) is 0 Å². The molecule has 0 aliphatic carbocycles. The topological polar surface area (TPSA) is 91.8 Å². The van der Waals surface area contributed by atoms with Gasteiger partial charge in [0, 0.05) is 23.8 Å². The van der Waals surface area contributed by atoms with E-state index in [-0.39, 0.29) is 13.1 Å². The van der Waals surface area contributed by atoms with Gasteiger partial charge in [-0.1, -0.05) is 18.2 Å². The van der Waals surface area contributed by atoms with Crippen LogP contribution in [0.4, 0.5) is 0 Å². The van der Waals surface area contributed by atoms with E-state index in [2.05, 4.69) is 6.58 Å². The summed E-state index contributed by atoms with van der Waals surface area (Å²) in [5.41, 5.74) is 0. The minimum absolute atomic E-state index is 0.0560. The quantitative estimate of drug-likeness (QED) is 0.585. The molecule has 0 bridgehead atoms. The summed E-state index contributed by atoms with van der Waals surface area (Å²) < 4.78 is 48.7. The maximum absolute atomic E-state index is 12.4. The lowest BCUT2D eigenvalue weighted by molar-refractivity contribution is 0.260. The molecule has 1 rings (SSSR count). The number of rotatable bonds is 7. The van der Waals surface area contributed by atoms with Crippen molar-refractivity contribution in [3.63, 3.8) is 0 Å². The van der Waals surface area contributed by atoms with Crippen molar-refractivity contribution in [2.45, 2.75) is 9.79 Å². The fourth-order valence-electron chi connectivity index (χ4n) is 1.57. The van der Waals surface area contributed by atoms with E-state index in [1.54, 1.807) is 0 Å². The zero-order chi connectivity index (χ0) is 15.4. The van der Waals surface area contributed by atoms with Crippen LogP contribution in [0.2, 0.25) is 0 Å². The van der Waals surface area contributed by atoms with Crippen molar-refractivity contribution in [3.05, 3.63) is 36.9 Å². The largest absolute Gasteiger partial charge is 0.395 e. The average molecular weight is 340 g/mol. The van der Waals surface area contributed by atoms with Gasteiger partial charge >= 0.3 is 0 Å². The Hall–Kier alpha value is -0.930. The zero-order valence-corrected chi connectivity index (χ0v) is 12.8. The van der Waals surface area contributed by atoms with E-state index < -0.39 is 35.5 Å². The van der Waals surface area contributed by atoms with Gasteiger partial charge in [-0.25, -0.2) is 16.8 Å². The van der Waals surface area contributed by atoms with Gasteiger partial charge in [0.2, 0.25) is 10.0 Å². The predicted molar refractivity (Wildman–Crippen MR) is 75.5 cm³/mol. The predicted octanol–water partition coefficient (Wildman–Crippen LogP) is 0.783. The zero-order valence-electron chi connectivity index (χ0n) is 10.4. The lowest BCUT2D eigenvalue weighted by atomic mass is 10.4. The lowest BCUT2D eigenvalue weighted by Crippen LogP contribution is -2.34. The van der Waals surface area contributed by atoms with Crippen molar-refractivity contribution in [1.29, 1.82) is 0 Å². The average Bonchev–Trinajstić information content (AvgIpc) is 2.37. The standard InChI is InChI=1S/C11H14ClNO5S2/c1-2-7-13(8-9-14)20(17,18)11-6-4-3-5-10(11)19(12,15)16/h2-6,14H,1,7-9H2. The van der Waals surface area contributed by atoms with Gasteiger partial charge in [-0.2, -0.15) is 4.31 Å². The van der Waals surface area contributed by atoms with Gasteiger partial charge < -0.3 is 5.11 Å². The van der Waals surface area contributed by atoms with Gasteiger partial charge in [0.05, 0.1) is 6.61 Å². The number of aliphatic hydroxyl groups is 1. The summed E-state index contributed by atoms with van der Waals surface area (Å²) >= 11 is 0. The molecule has 0 spiro atoms. The van der Waals surface area contributed by atoms with E-state index in [0.29, 0.717) is 0 Å². The van der Waals surface area contributed by atoms with Crippen LogP contribution in [0.15, 0.2) is 46.7 Å². The van der Waals surface area contributed by atoms with Crippen LogP contribution in [0.5, 0.6) is 0 Å². The molecule has 0 atom stereocenters. The first-order chi connectivity index (χ1) is 9.25. The van der Waals surface area contributed by atoms with Gasteiger partial charge in [0.1, 0.15) is 9.79 Å². The van der Waals surface area contributed by atoms with E-state index in [9.17, 15) is 16.8 Å². The summed E-state index contributed by atoms with van der Waals surface area (Å²) in [4.78, 5) is -0.918. The molecule has 1 aromatic carbocycles. The molecule has 9 heteroatoms. The molecule has 0 aliphatic heterocycles. The molecule has 0 saturated heterocycles. The molecular weight excluding hydrogens is 326 g/mol. The molecule has 0 fully saturated rings. The molecule has 0 saturated carbocycles. The first-order valence-corrected chi connectivity index (χ1v) is 9.25. The van der Waals surface area contributed by atoms with Crippen molar-refractivity contribution in [1.82, 2.24) is 4.31 Å². The maximum Gasteiger partial charge on any atom is 0.262 e. The SMILES string of the molecule is C=CCN(CCO)S(=O)(=O)c1ccccc1S(=O)(=O)Cl. The molecule has 0 radical (unpaired) electrons. The van der Waals surface area contributed by atoms with E-state index in [4.69, 9.17) is 15.8 Å². The minimum Gasteiger partial charge on any atom is -0.395 e. The van der Waals surface area contributed by atoms with Crippen LogP contribution in [0.3, 0.4) is 0 Å². The number of hydrogen-bond donors (Lipinski definition) is 1. The highest BCUT2D eigenvalue weighted by Crippen LogP contribution is 2.26. The lowest BCUT2D eigenvalue weighted by Gasteiger charge is -2.20. The molecule has 112 valence electrons. The Labute approximate surface area is 122 Å². The number of benzene rings is 1. The normalized spacial score (nSPS) is 12.6. The Bertz CT molecular complexity index is 685. The molecule has 0 unspecified atom stereocenters. The van der Waals surface area contributed by atoms with Crippen LogP contribution in [0, 0.1) is 0 Å². The second kappa shape index (κ2) is 6.68. The van der Waals surface area contributed by atoms with Crippen LogP contribution in [0.1, 0.15) is 0 Å². The van der Waals surface area contributed by atoms with Crippen LogP contribution < -0.4 is 0 Å². The first-order valence-electron chi connectivity index (χ1n) is 5.50. The molecular formula is C11H14ClNO5S2. The number of hydrogen-bond acceptors (Lipinski definition) is 5. The Morgan fingerprint density at radius 3 is 2.20 bits per heavy atom. The van der Waals surface area contributed by atoms with Crippen LogP contribution >= 0.6 is 10.7 Å². The minimum atomic E-state index is -4.20. The Morgan fingerprint density at radius 2 is 1.75 bits per heavy atom. The van der Waals surface area contributed by atoms with Crippen LogP contribution in [-0.4, -0.2) is 45.9 Å². The second-order valence-corrected chi connectivity index (χ2v) is 8.20. The van der Waals surface area contributed by atoms with Gasteiger partial charge in [0.25, 0.3) is 9.05 Å². The Morgan fingerprint density at radius 1 is 1.20 bits per heavy atom. The van der Waals surface area contributed by atoms with Gasteiger partial charge in [-0.05, 0) is 12.1 Å².